The lowest BCUT2D eigenvalue weighted by molar-refractivity contribution is -0.137. The van der Waals surface area contributed by atoms with Crippen LogP contribution >= 0.6 is 0 Å². The molecule has 0 spiro atoms. The molecule has 0 aromatic heterocycles. The summed E-state index contributed by atoms with van der Waals surface area (Å²) in [5.74, 6) is 1.68. The van der Waals surface area contributed by atoms with Crippen molar-refractivity contribution in [1.82, 2.24) is 9.80 Å². The number of benzene rings is 1. The van der Waals surface area contributed by atoms with Crippen LogP contribution in [0.25, 0.3) is 0 Å². The maximum atomic E-state index is 12.5. The highest BCUT2D eigenvalue weighted by molar-refractivity contribution is 5.79. The first-order chi connectivity index (χ1) is 11.8. The number of piperazine rings is 1. The first-order valence-corrected chi connectivity index (χ1v) is 9.40. The Kier molecular flexibility index (Phi) is 6.13. The number of nitrogens with zero attached hydrogens (tertiary/aromatic N) is 2. The van der Waals surface area contributed by atoms with Gasteiger partial charge < -0.3 is 9.64 Å². The van der Waals surface area contributed by atoms with Gasteiger partial charge in [-0.15, -0.1) is 0 Å². The summed E-state index contributed by atoms with van der Waals surface area (Å²) in [5.41, 5.74) is 1.34. The molecule has 3 rings (SSSR count). The zero-order chi connectivity index (χ0) is 16.8. The number of methoxy groups -OCH3 is 1. The number of hydrogen-bond donors (Lipinski definition) is 0. The van der Waals surface area contributed by atoms with Crippen molar-refractivity contribution < 1.29 is 9.53 Å². The Morgan fingerprint density at radius 2 is 1.92 bits per heavy atom. The molecule has 0 radical (unpaired) electrons. The van der Waals surface area contributed by atoms with Crippen molar-refractivity contribution in [2.75, 3.05) is 39.8 Å². The normalized spacial score (nSPS) is 19.6. The molecule has 0 unspecified atom stereocenters. The molecule has 1 saturated carbocycles. The fourth-order valence-corrected chi connectivity index (χ4v) is 3.96. The minimum Gasteiger partial charge on any atom is -0.497 e. The average molecular weight is 330 g/mol. The van der Waals surface area contributed by atoms with Gasteiger partial charge in [-0.3, -0.25) is 9.69 Å². The van der Waals surface area contributed by atoms with Crippen LogP contribution in [0.3, 0.4) is 0 Å². The van der Waals surface area contributed by atoms with E-state index in [1.807, 2.05) is 6.07 Å². The molecule has 24 heavy (non-hydrogen) atoms. The lowest BCUT2D eigenvalue weighted by Gasteiger charge is -2.36. The Morgan fingerprint density at radius 1 is 1.17 bits per heavy atom. The highest BCUT2D eigenvalue weighted by Gasteiger charge is 2.29. The van der Waals surface area contributed by atoms with E-state index in [4.69, 9.17) is 4.74 Å². The van der Waals surface area contributed by atoms with E-state index in [1.54, 1.807) is 7.11 Å². The van der Waals surface area contributed by atoms with Gasteiger partial charge in [0.1, 0.15) is 5.75 Å². The summed E-state index contributed by atoms with van der Waals surface area (Å²) in [5, 5.41) is 0. The number of hydrogen-bond acceptors (Lipinski definition) is 3. The number of carbonyl (C=O) groups is 1. The fraction of sp³-hybridized carbons (Fsp3) is 0.650. The summed E-state index contributed by atoms with van der Waals surface area (Å²) in [7, 11) is 1.71. The van der Waals surface area contributed by atoms with Gasteiger partial charge in [0.05, 0.1) is 7.11 Å². The van der Waals surface area contributed by atoms with Gasteiger partial charge in [0.25, 0.3) is 0 Å². The maximum absolute atomic E-state index is 12.5. The van der Waals surface area contributed by atoms with Crippen LogP contribution in [0, 0.1) is 5.92 Å². The van der Waals surface area contributed by atoms with Gasteiger partial charge in [-0.25, -0.2) is 0 Å². The van der Waals surface area contributed by atoms with Crippen molar-refractivity contribution in [3.8, 4) is 5.75 Å². The van der Waals surface area contributed by atoms with Crippen LogP contribution in [0.1, 0.15) is 37.7 Å². The van der Waals surface area contributed by atoms with Gasteiger partial charge >= 0.3 is 0 Å². The third kappa shape index (κ3) is 4.50. The molecular weight excluding hydrogens is 300 g/mol. The van der Waals surface area contributed by atoms with Crippen molar-refractivity contribution in [2.24, 2.45) is 5.92 Å². The van der Waals surface area contributed by atoms with Crippen LogP contribution in [-0.2, 0) is 11.2 Å². The molecule has 0 N–H and O–H groups in total. The van der Waals surface area contributed by atoms with Crippen LogP contribution < -0.4 is 4.74 Å². The topological polar surface area (TPSA) is 32.8 Å². The van der Waals surface area contributed by atoms with E-state index in [9.17, 15) is 4.79 Å². The van der Waals surface area contributed by atoms with Crippen molar-refractivity contribution in [3.05, 3.63) is 29.8 Å². The number of aryl methyl sites for hydroxylation is 1. The molecule has 2 fully saturated rings. The molecule has 132 valence electrons. The lowest BCUT2D eigenvalue weighted by Crippen LogP contribution is -2.50. The van der Waals surface area contributed by atoms with E-state index in [2.05, 4.69) is 28.0 Å². The Bertz CT molecular complexity index is 532. The van der Waals surface area contributed by atoms with Gasteiger partial charge in [0, 0.05) is 32.1 Å². The third-order valence-electron chi connectivity index (χ3n) is 5.46. The Balaban J connectivity index is 1.37. The van der Waals surface area contributed by atoms with Gasteiger partial charge in [0.2, 0.25) is 5.91 Å². The molecule has 2 aliphatic rings. The molecule has 1 amide bonds. The second-order valence-corrected chi connectivity index (χ2v) is 7.10. The lowest BCUT2D eigenvalue weighted by atomic mass is 10.1. The molecule has 4 nitrogen and oxygen atoms in total. The van der Waals surface area contributed by atoms with Crippen LogP contribution in [0.4, 0.5) is 0 Å². The highest BCUT2D eigenvalue weighted by Crippen LogP contribution is 2.27. The van der Waals surface area contributed by atoms with Gasteiger partial charge in [0.15, 0.2) is 0 Å². The monoisotopic (exact) mass is 330 g/mol. The first kappa shape index (κ1) is 17.3. The summed E-state index contributed by atoms with van der Waals surface area (Å²) in [6.07, 6.45) is 6.93. The molecule has 1 saturated heterocycles. The number of ether oxygens (including phenoxy) is 1. The molecule has 1 aromatic rings. The van der Waals surface area contributed by atoms with Crippen molar-refractivity contribution in [1.29, 1.82) is 0 Å². The van der Waals surface area contributed by atoms with Crippen LogP contribution in [0.2, 0.25) is 0 Å². The zero-order valence-corrected chi connectivity index (χ0v) is 14.9. The van der Waals surface area contributed by atoms with E-state index in [0.717, 1.165) is 64.2 Å². The minimum absolute atomic E-state index is 0.324. The molecular formula is C20H30N2O2. The summed E-state index contributed by atoms with van der Waals surface area (Å²) < 4.78 is 5.28. The predicted molar refractivity (Wildman–Crippen MR) is 96.3 cm³/mol. The Labute approximate surface area is 145 Å². The molecule has 0 atom stereocenters. The zero-order valence-electron chi connectivity index (χ0n) is 14.9. The SMILES string of the molecule is COc1cccc(CCCN2CCN(C(=O)C3CCCC3)CC2)c1. The summed E-state index contributed by atoms with van der Waals surface area (Å²) in [4.78, 5) is 17.1. The van der Waals surface area contributed by atoms with Crippen LogP contribution in [-0.4, -0.2) is 55.5 Å². The Hall–Kier alpha value is -1.55. The largest absolute Gasteiger partial charge is 0.497 e. The van der Waals surface area contributed by atoms with Crippen LogP contribution in [0.5, 0.6) is 5.75 Å². The van der Waals surface area contributed by atoms with Gasteiger partial charge in [-0.1, -0.05) is 25.0 Å². The molecule has 1 aliphatic carbocycles. The average Bonchev–Trinajstić information content (AvgIpc) is 3.16. The van der Waals surface area contributed by atoms with Crippen molar-refractivity contribution in [3.63, 3.8) is 0 Å². The summed E-state index contributed by atoms with van der Waals surface area (Å²) >= 11 is 0. The second kappa shape index (κ2) is 8.52. The third-order valence-corrected chi connectivity index (χ3v) is 5.46. The van der Waals surface area contributed by atoms with Crippen LogP contribution in [0.15, 0.2) is 24.3 Å². The highest BCUT2D eigenvalue weighted by atomic mass is 16.5. The molecule has 1 heterocycles. The standard InChI is InChI=1S/C20H30N2O2/c1-24-19-10-4-6-17(16-19)7-5-11-21-12-14-22(15-13-21)20(23)18-8-2-3-9-18/h4,6,10,16,18H,2-3,5,7-9,11-15H2,1H3. The second-order valence-electron chi connectivity index (χ2n) is 7.10. The molecule has 4 heteroatoms. The summed E-state index contributed by atoms with van der Waals surface area (Å²) in [6.45, 7) is 4.98. The van der Waals surface area contributed by atoms with E-state index in [0.29, 0.717) is 11.8 Å². The predicted octanol–water partition coefficient (Wildman–Crippen LogP) is 2.96. The Morgan fingerprint density at radius 3 is 2.62 bits per heavy atom. The van der Waals surface area contributed by atoms with Crippen molar-refractivity contribution in [2.45, 2.75) is 38.5 Å². The minimum atomic E-state index is 0.324. The molecule has 0 bridgehead atoms. The van der Waals surface area contributed by atoms with Gasteiger partial charge in [-0.2, -0.15) is 0 Å². The van der Waals surface area contributed by atoms with E-state index >= 15 is 0 Å². The number of amides is 1. The van der Waals surface area contributed by atoms with E-state index < -0.39 is 0 Å². The first-order valence-electron chi connectivity index (χ1n) is 9.40. The molecule has 1 aromatic carbocycles. The van der Waals surface area contributed by atoms with Gasteiger partial charge in [-0.05, 0) is 49.9 Å². The number of rotatable bonds is 6. The maximum Gasteiger partial charge on any atom is 0.225 e. The fourth-order valence-electron chi connectivity index (χ4n) is 3.96. The van der Waals surface area contributed by atoms with E-state index in [-0.39, 0.29) is 0 Å². The molecule has 1 aliphatic heterocycles. The summed E-state index contributed by atoms with van der Waals surface area (Å²) in [6, 6.07) is 8.34. The quantitative estimate of drug-likeness (QED) is 0.804. The smallest absolute Gasteiger partial charge is 0.225 e. The van der Waals surface area contributed by atoms with Crippen molar-refractivity contribution >= 4 is 5.91 Å². The van der Waals surface area contributed by atoms with E-state index in [1.165, 1.54) is 18.4 Å². The number of carbonyl (C=O) groups excluding carboxylic acids is 1.